The van der Waals surface area contributed by atoms with Crippen molar-refractivity contribution in [3.05, 3.63) is 29.8 Å². The number of hydrogen-bond acceptors (Lipinski definition) is 11. The molecule has 0 bridgehead atoms. The molecule has 1 aromatic carbocycles. The molecule has 0 saturated carbocycles. The molecule has 1 aliphatic rings. The van der Waals surface area contributed by atoms with E-state index in [4.69, 9.17) is 23.7 Å². The molecule has 1 aliphatic heterocycles. The summed E-state index contributed by atoms with van der Waals surface area (Å²) in [5.74, 6) is -1.19. The fourth-order valence-corrected chi connectivity index (χ4v) is 3.83. The third-order valence-corrected chi connectivity index (χ3v) is 5.36. The Kier molecular flexibility index (Phi) is 9.86. The van der Waals surface area contributed by atoms with Gasteiger partial charge in [0.05, 0.1) is 7.11 Å². The summed E-state index contributed by atoms with van der Waals surface area (Å²) in [6, 6.07) is 5.95. The highest BCUT2D eigenvalue weighted by atomic mass is 32.2. The summed E-state index contributed by atoms with van der Waals surface area (Å²) in [6.07, 6.45) is -2.86. The Balaban J connectivity index is 2.45. The highest BCUT2D eigenvalue weighted by molar-refractivity contribution is 8.13. The van der Waals surface area contributed by atoms with Gasteiger partial charge >= 0.3 is 17.9 Å². The molecule has 1 aromatic rings. The molecule has 0 spiro atoms. The molecule has 1 saturated heterocycles. The molecule has 5 atom stereocenters. The van der Waals surface area contributed by atoms with Crippen LogP contribution in [0.4, 0.5) is 0 Å². The lowest BCUT2D eigenvalue weighted by atomic mass is 9.97. The van der Waals surface area contributed by atoms with E-state index in [-0.39, 0.29) is 10.9 Å². The van der Waals surface area contributed by atoms with Gasteiger partial charge in [0.15, 0.2) is 23.4 Å². The summed E-state index contributed by atoms with van der Waals surface area (Å²) in [6.45, 7) is 4.98. The molecule has 0 aromatic heterocycles. The molecule has 1 unspecified atom stereocenters. The first-order valence-electron chi connectivity index (χ1n) is 10.1. The van der Waals surface area contributed by atoms with E-state index >= 15 is 0 Å². The van der Waals surface area contributed by atoms with Gasteiger partial charge in [0.1, 0.15) is 11.9 Å². The molecule has 1 fully saturated rings. The van der Waals surface area contributed by atoms with Gasteiger partial charge < -0.3 is 23.7 Å². The van der Waals surface area contributed by atoms with Crippen molar-refractivity contribution in [2.75, 3.05) is 12.9 Å². The number of rotatable bonds is 8. The van der Waals surface area contributed by atoms with Crippen LogP contribution in [0.5, 0.6) is 5.75 Å². The van der Waals surface area contributed by atoms with Crippen molar-refractivity contribution in [3.8, 4) is 5.75 Å². The minimum atomic E-state index is -1.24. The van der Waals surface area contributed by atoms with E-state index in [1.165, 1.54) is 33.9 Å². The van der Waals surface area contributed by atoms with Crippen LogP contribution in [-0.4, -0.2) is 72.7 Å². The molecule has 10 nitrogen and oxygen atoms in total. The zero-order valence-electron chi connectivity index (χ0n) is 19.0. The summed E-state index contributed by atoms with van der Waals surface area (Å²) in [4.78, 5) is 51.4. The van der Waals surface area contributed by atoms with Gasteiger partial charge in [0.25, 0.3) is 0 Å². The Morgan fingerprint density at radius 2 is 1.52 bits per heavy atom. The molecule has 0 N–H and O–H groups in total. The second kappa shape index (κ2) is 12.4. The fourth-order valence-electron chi connectivity index (χ4n) is 3.17. The van der Waals surface area contributed by atoms with Gasteiger partial charge in [-0.3, -0.25) is 24.2 Å². The van der Waals surface area contributed by atoms with Gasteiger partial charge in [-0.05, 0) is 29.8 Å². The number of carbonyl (C=O) groups excluding carboxylic acids is 4. The number of hydrogen-bond donors (Lipinski definition) is 0. The Bertz CT molecular complexity index is 886. The Morgan fingerprint density at radius 3 is 2.03 bits per heavy atom. The first-order chi connectivity index (χ1) is 15.6. The Hall–Kier alpha value is -2.92. The van der Waals surface area contributed by atoms with E-state index in [9.17, 15) is 19.2 Å². The van der Waals surface area contributed by atoms with E-state index in [2.05, 4.69) is 4.99 Å². The quantitative estimate of drug-likeness (QED) is 0.309. The first kappa shape index (κ1) is 26.3. The molecular formula is C22H27NO9S. The SMILES string of the molecule is COc1ccc(C=N[C@@H]2[C@@H](OC(C)=O)OC(CSC(C)=O)[C@H](OC(C)=O)[C@H]2OC(C)=O)cc1. The Morgan fingerprint density at radius 1 is 0.939 bits per heavy atom. The normalized spacial score (nSPS) is 24.7. The first-order valence-corrected chi connectivity index (χ1v) is 11.1. The van der Waals surface area contributed by atoms with Gasteiger partial charge in [-0.15, -0.1) is 0 Å². The van der Waals surface area contributed by atoms with Gasteiger partial charge in [-0.2, -0.15) is 0 Å². The van der Waals surface area contributed by atoms with Crippen LogP contribution in [0, 0.1) is 0 Å². The second-order valence-electron chi connectivity index (χ2n) is 7.14. The van der Waals surface area contributed by atoms with Crippen LogP contribution in [0.15, 0.2) is 29.3 Å². The maximum Gasteiger partial charge on any atom is 0.305 e. The molecule has 0 radical (unpaired) electrons. The lowest BCUT2D eigenvalue weighted by Gasteiger charge is -2.43. The average Bonchev–Trinajstić information content (AvgIpc) is 2.73. The summed E-state index contributed by atoms with van der Waals surface area (Å²) in [5, 5.41) is -0.187. The van der Waals surface area contributed by atoms with E-state index in [0.29, 0.717) is 11.3 Å². The maximum atomic E-state index is 11.9. The number of carbonyl (C=O) groups is 4. The van der Waals surface area contributed by atoms with Crippen molar-refractivity contribution in [1.29, 1.82) is 0 Å². The van der Waals surface area contributed by atoms with Crippen molar-refractivity contribution >= 4 is 41.0 Å². The third kappa shape index (κ3) is 8.17. The molecule has 33 heavy (non-hydrogen) atoms. The second-order valence-corrected chi connectivity index (χ2v) is 8.34. The van der Waals surface area contributed by atoms with Gasteiger partial charge in [0, 0.05) is 39.7 Å². The number of ether oxygens (including phenoxy) is 5. The molecule has 11 heteroatoms. The predicted octanol–water partition coefficient (Wildman–Crippen LogP) is 1.91. The van der Waals surface area contributed by atoms with Crippen molar-refractivity contribution in [3.63, 3.8) is 0 Å². The molecule has 0 amide bonds. The minimum absolute atomic E-state index is 0.0811. The number of thioether (sulfide) groups is 1. The summed E-state index contributed by atoms with van der Waals surface area (Å²) in [7, 11) is 1.55. The molecular weight excluding hydrogens is 454 g/mol. The molecule has 1 heterocycles. The van der Waals surface area contributed by atoms with E-state index in [1.807, 2.05) is 0 Å². The van der Waals surface area contributed by atoms with Crippen LogP contribution < -0.4 is 4.74 Å². The fraction of sp³-hybridized carbons (Fsp3) is 0.500. The zero-order chi connectivity index (χ0) is 24.5. The Labute approximate surface area is 195 Å². The lowest BCUT2D eigenvalue weighted by Crippen LogP contribution is -2.61. The van der Waals surface area contributed by atoms with Crippen LogP contribution in [0.25, 0.3) is 0 Å². The van der Waals surface area contributed by atoms with Crippen molar-refractivity contribution < 1.29 is 42.9 Å². The third-order valence-electron chi connectivity index (χ3n) is 4.46. The number of esters is 3. The highest BCUT2D eigenvalue weighted by Gasteiger charge is 2.51. The largest absolute Gasteiger partial charge is 0.497 e. The predicted molar refractivity (Wildman–Crippen MR) is 119 cm³/mol. The van der Waals surface area contributed by atoms with E-state index < -0.39 is 48.6 Å². The number of benzene rings is 1. The monoisotopic (exact) mass is 481 g/mol. The smallest absolute Gasteiger partial charge is 0.305 e. The summed E-state index contributed by atoms with van der Waals surface area (Å²) in [5.41, 5.74) is 0.692. The van der Waals surface area contributed by atoms with Crippen LogP contribution in [0.2, 0.25) is 0 Å². The minimum Gasteiger partial charge on any atom is -0.497 e. The van der Waals surface area contributed by atoms with Gasteiger partial charge in [-0.25, -0.2) is 0 Å². The summed E-state index contributed by atoms with van der Waals surface area (Å²) >= 11 is 0.939. The lowest BCUT2D eigenvalue weighted by molar-refractivity contribution is -0.256. The van der Waals surface area contributed by atoms with Crippen LogP contribution in [0.3, 0.4) is 0 Å². The van der Waals surface area contributed by atoms with Gasteiger partial charge in [0.2, 0.25) is 6.29 Å². The van der Waals surface area contributed by atoms with Crippen LogP contribution in [0.1, 0.15) is 33.3 Å². The topological polar surface area (TPSA) is 127 Å². The standard InChI is InChI=1S/C22H27NO9S/c1-12(24)29-20-18(11-33-15(4)27)32-22(31-14(3)26)19(21(20)30-13(2)25)23-10-16-6-8-17(28-5)9-7-16/h6-10,18-22H,11H2,1-5H3/t18?,19-,20-,21-,22-/m0/s1. The average molecular weight is 482 g/mol. The summed E-state index contributed by atoms with van der Waals surface area (Å²) < 4.78 is 27.2. The highest BCUT2D eigenvalue weighted by Crippen LogP contribution is 2.31. The molecule has 0 aliphatic carbocycles. The van der Waals surface area contributed by atoms with E-state index in [1.54, 1.807) is 31.4 Å². The molecule has 180 valence electrons. The number of nitrogens with zero attached hydrogens (tertiary/aromatic N) is 1. The molecule has 2 rings (SSSR count). The number of methoxy groups -OCH3 is 1. The van der Waals surface area contributed by atoms with Crippen LogP contribution in [-0.2, 0) is 38.1 Å². The van der Waals surface area contributed by atoms with Crippen LogP contribution >= 0.6 is 11.8 Å². The van der Waals surface area contributed by atoms with Crippen molar-refractivity contribution in [2.24, 2.45) is 4.99 Å². The maximum absolute atomic E-state index is 11.9. The zero-order valence-corrected chi connectivity index (χ0v) is 19.8. The van der Waals surface area contributed by atoms with Crippen molar-refractivity contribution in [2.45, 2.75) is 58.3 Å². The van der Waals surface area contributed by atoms with E-state index in [0.717, 1.165) is 11.8 Å². The van der Waals surface area contributed by atoms with Gasteiger partial charge in [-0.1, -0.05) is 11.8 Å². The van der Waals surface area contributed by atoms with Crippen molar-refractivity contribution in [1.82, 2.24) is 0 Å². The number of aliphatic imine (C=N–C) groups is 1.